The first-order valence-corrected chi connectivity index (χ1v) is 12.3. The maximum atomic E-state index is 13.0. The number of ketones is 1. The third-order valence-electron chi connectivity index (χ3n) is 7.00. The first kappa shape index (κ1) is 23.7. The Labute approximate surface area is 210 Å². The number of rotatable bonds is 7. The summed E-state index contributed by atoms with van der Waals surface area (Å²) in [5.41, 5.74) is 4.61. The van der Waals surface area contributed by atoms with E-state index in [1.807, 2.05) is 73.7 Å². The second kappa shape index (κ2) is 10.3. The molecular weight excluding hydrogens is 452 g/mol. The molecule has 1 heterocycles. The van der Waals surface area contributed by atoms with E-state index in [1.165, 1.54) is 0 Å². The van der Waals surface area contributed by atoms with Crippen molar-refractivity contribution in [2.24, 2.45) is 11.8 Å². The van der Waals surface area contributed by atoms with Gasteiger partial charge in [-0.3, -0.25) is 9.59 Å². The number of esters is 2. The number of allylic oxidation sites excluding steroid dienone is 1. The molecule has 0 radical (unpaired) electrons. The summed E-state index contributed by atoms with van der Waals surface area (Å²) in [4.78, 5) is 37.5. The Hall–Kier alpha value is -3.99. The van der Waals surface area contributed by atoms with Crippen LogP contribution in [0.25, 0.3) is 11.1 Å². The van der Waals surface area contributed by atoms with Crippen molar-refractivity contribution in [3.05, 3.63) is 108 Å². The third kappa shape index (κ3) is 5.30. The predicted octanol–water partition coefficient (Wildman–Crippen LogP) is 5.51. The Bertz CT molecular complexity index is 1290. The molecular formula is C31H28O5. The molecule has 0 spiro atoms. The Morgan fingerprint density at radius 3 is 2.47 bits per heavy atom. The summed E-state index contributed by atoms with van der Waals surface area (Å²) >= 11 is 0. The predicted molar refractivity (Wildman–Crippen MR) is 136 cm³/mol. The van der Waals surface area contributed by atoms with Crippen LogP contribution in [-0.2, 0) is 25.5 Å². The number of aryl methyl sites for hydroxylation is 1. The van der Waals surface area contributed by atoms with E-state index in [9.17, 15) is 14.4 Å². The van der Waals surface area contributed by atoms with Gasteiger partial charge in [0.25, 0.3) is 0 Å². The van der Waals surface area contributed by atoms with Crippen LogP contribution in [0.2, 0.25) is 0 Å². The van der Waals surface area contributed by atoms with Gasteiger partial charge in [-0.2, -0.15) is 0 Å². The van der Waals surface area contributed by atoms with Crippen molar-refractivity contribution in [2.75, 3.05) is 0 Å². The van der Waals surface area contributed by atoms with Gasteiger partial charge in [0.05, 0.1) is 12.0 Å². The lowest BCUT2D eigenvalue weighted by molar-refractivity contribution is -0.141. The lowest BCUT2D eigenvalue weighted by Crippen LogP contribution is -2.25. The van der Waals surface area contributed by atoms with E-state index in [2.05, 4.69) is 0 Å². The van der Waals surface area contributed by atoms with E-state index in [-0.39, 0.29) is 36.1 Å². The van der Waals surface area contributed by atoms with Gasteiger partial charge in [-0.1, -0.05) is 78.4 Å². The fourth-order valence-electron chi connectivity index (χ4n) is 5.23. The summed E-state index contributed by atoms with van der Waals surface area (Å²) in [5.74, 6) is -1.05. The van der Waals surface area contributed by atoms with Crippen molar-refractivity contribution in [3.63, 3.8) is 0 Å². The van der Waals surface area contributed by atoms with Crippen LogP contribution in [0.4, 0.5) is 0 Å². The number of carbonyl (C=O) groups excluding carboxylic acids is 3. The summed E-state index contributed by atoms with van der Waals surface area (Å²) in [7, 11) is 0. The Morgan fingerprint density at radius 2 is 1.72 bits per heavy atom. The normalized spacial score (nSPS) is 22.9. The lowest BCUT2D eigenvalue weighted by atomic mass is 9.91. The zero-order valence-electron chi connectivity index (χ0n) is 20.1. The molecule has 2 fully saturated rings. The van der Waals surface area contributed by atoms with Crippen molar-refractivity contribution < 1.29 is 23.9 Å². The second-order valence-corrected chi connectivity index (χ2v) is 9.59. The minimum atomic E-state index is -0.461. The maximum absolute atomic E-state index is 13.0. The molecule has 2 aliphatic rings. The standard InChI is InChI=1S/C31H28O5/c1-20-6-5-7-21(16-20)17-25(32)14-15-26-27-18-30(33)35-29(27)19-28(26)36-31(34)24-12-10-23(11-13-24)22-8-3-2-4-9-22/h2-16,26-29H,17-19H2,1H3/b15-14+/t26-,27-,28-,29+/m1/s1. The summed E-state index contributed by atoms with van der Waals surface area (Å²) in [6.07, 6.45) is 3.62. The number of hydrogen-bond acceptors (Lipinski definition) is 5. The molecule has 182 valence electrons. The van der Waals surface area contributed by atoms with Gasteiger partial charge in [-0.05, 0) is 41.8 Å². The molecule has 1 aliphatic carbocycles. The van der Waals surface area contributed by atoms with Crippen LogP contribution in [0.15, 0.2) is 91.0 Å². The summed E-state index contributed by atoms with van der Waals surface area (Å²) < 4.78 is 11.4. The number of benzene rings is 3. The van der Waals surface area contributed by atoms with E-state index < -0.39 is 12.1 Å². The highest BCUT2D eigenvalue weighted by molar-refractivity contribution is 5.92. The van der Waals surface area contributed by atoms with Gasteiger partial charge in [-0.15, -0.1) is 0 Å². The van der Waals surface area contributed by atoms with Crippen LogP contribution in [0.5, 0.6) is 0 Å². The van der Waals surface area contributed by atoms with Crippen molar-refractivity contribution in [1.29, 1.82) is 0 Å². The number of fused-ring (bicyclic) bond motifs is 1. The van der Waals surface area contributed by atoms with Gasteiger partial charge in [0, 0.05) is 24.7 Å². The summed E-state index contributed by atoms with van der Waals surface area (Å²) in [6.45, 7) is 1.99. The molecule has 36 heavy (non-hydrogen) atoms. The topological polar surface area (TPSA) is 69.7 Å². The first-order valence-electron chi connectivity index (χ1n) is 12.3. The minimum absolute atomic E-state index is 0.0316. The van der Waals surface area contributed by atoms with Crippen LogP contribution in [-0.4, -0.2) is 29.9 Å². The molecule has 1 aliphatic heterocycles. The van der Waals surface area contributed by atoms with Crippen LogP contribution in [0.3, 0.4) is 0 Å². The molecule has 0 unspecified atom stereocenters. The highest BCUT2D eigenvalue weighted by atomic mass is 16.6. The minimum Gasteiger partial charge on any atom is -0.462 e. The van der Waals surface area contributed by atoms with Crippen LogP contribution in [0.1, 0.15) is 34.3 Å². The van der Waals surface area contributed by atoms with Gasteiger partial charge in [0.2, 0.25) is 0 Å². The SMILES string of the molecule is Cc1cccc(CC(=O)/C=C/[C@@H]2[C@H]3CC(=O)O[C@H]3C[C@H]2OC(=O)c2ccc(-c3ccccc3)cc2)c1. The van der Waals surface area contributed by atoms with Gasteiger partial charge in [0.1, 0.15) is 12.2 Å². The molecule has 1 saturated carbocycles. The molecule has 5 rings (SSSR count). The zero-order chi connectivity index (χ0) is 25.1. The molecule has 3 aromatic rings. The monoisotopic (exact) mass is 480 g/mol. The number of ether oxygens (including phenoxy) is 2. The van der Waals surface area contributed by atoms with Crippen molar-refractivity contribution >= 4 is 17.7 Å². The van der Waals surface area contributed by atoms with E-state index in [4.69, 9.17) is 9.47 Å². The summed E-state index contributed by atoms with van der Waals surface area (Å²) in [5, 5.41) is 0. The Balaban J connectivity index is 1.28. The molecule has 0 bridgehead atoms. The van der Waals surface area contributed by atoms with Gasteiger partial charge in [0.15, 0.2) is 5.78 Å². The van der Waals surface area contributed by atoms with E-state index in [0.29, 0.717) is 18.4 Å². The Morgan fingerprint density at radius 1 is 0.972 bits per heavy atom. The van der Waals surface area contributed by atoms with Crippen LogP contribution in [0, 0.1) is 18.8 Å². The molecule has 0 N–H and O–H groups in total. The van der Waals surface area contributed by atoms with Crippen molar-refractivity contribution in [1.82, 2.24) is 0 Å². The molecule has 0 amide bonds. The van der Waals surface area contributed by atoms with Crippen LogP contribution >= 0.6 is 0 Å². The molecule has 3 aromatic carbocycles. The smallest absolute Gasteiger partial charge is 0.338 e. The highest BCUT2D eigenvalue weighted by Gasteiger charge is 2.50. The van der Waals surface area contributed by atoms with Gasteiger partial charge >= 0.3 is 11.9 Å². The fraction of sp³-hybridized carbons (Fsp3) is 0.258. The summed E-state index contributed by atoms with van der Waals surface area (Å²) in [6, 6.07) is 25.1. The van der Waals surface area contributed by atoms with E-state index >= 15 is 0 Å². The van der Waals surface area contributed by atoms with Gasteiger partial charge in [-0.25, -0.2) is 4.79 Å². The molecule has 1 saturated heterocycles. The fourth-order valence-corrected chi connectivity index (χ4v) is 5.23. The molecule has 5 heteroatoms. The molecule has 0 aromatic heterocycles. The second-order valence-electron chi connectivity index (χ2n) is 9.59. The highest BCUT2D eigenvalue weighted by Crippen LogP contribution is 2.43. The van der Waals surface area contributed by atoms with Crippen molar-refractivity contribution in [3.8, 4) is 11.1 Å². The maximum Gasteiger partial charge on any atom is 0.338 e. The largest absolute Gasteiger partial charge is 0.462 e. The molecule has 5 nitrogen and oxygen atoms in total. The van der Waals surface area contributed by atoms with Crippen molar-refractivity contribution in [2.45, 2.75) is 38.4 Å². The van der Waals surface area contributed by atoms with Gasteiger partial charge < -0.3 is 9.47 Å². The van der Waals surface area contributed by atoms with E-state index in [1.54, 1.807) is 24.3 Å². The number of carbonyl (C=O) groups is 3. The quantitative estimate of drug-likeness (QED) is 0.330. The average molecular weight is 481 g/mol. The number of hydrogen-bond donors (Lipinski definition) is 0. The Kier molecular flexibility index (Phi) is 6.81. The molecule has 4 atom stereocenters. The average Bonchev–Trinajstić information content (AvgIpc) is 3.38. The first-order chi connectivity index (χ1) is 17.5. The zero-order valence-corrected chi connectivity index (χ0v) is 20.1. The van der Waals surface area contributed by atoms with Crippen LogP contribution < -0.4 is 0 Å². The van der Waals surface area contributed by atoms with E-state index in [0.717, 1.165) is 22.3 Å². The lowest BCUT2D eigenvalue weighted by Gasteiger charge is -2.20. The third-order valence-corrected chi connectivity index (χ3v) is 7.00.